The molecule has 0 unspecified atom stereocenters. The quantitative estimate of drug-likeness (QED) is 0.763. The van der Waals surface area contributed by atoms with Gasteiger partial charge < -0.3 is 10.4 Å². The molecule has 1 aromatic carbocycles. The Kier molecular flexibility index (Phi) is 5.43. The molecule has 92 valence electrons. The summed E-state index contributed by atoms with van der Waals surface area (Å²) in [6.07, 6.45) is 3.00. The molecule has 1 rings (SSSR count). The number of hydrogen-bond donors (Lipinski definition) is 2. The first-order valence-electron chi connectivity index (χ1n) is 5.77. The zero-order valence-electron chi connectivity index (χ0n) is 10.4. The van der Waals surface area contributed by atoms with Crippen molar-refractivity contribution < 1.29 is 9.90 Å². The smallest absolute Gasteiger partial charge is 0.251 e. The Morgan fingerprint density at radius 1 is 1.35 bits per heavy atom. The lowest BCUT2D eigenvalue weighted by Crippen LogP contribution is -2.26. The molecule has 1 aromatic rings. The van der Waals surface area contributed by atoms with E-state index in [1.54, 1.807) is 0 Å². The van der Waals surface area contributed by atoms with E-state index in [9.17, 15) is 4.79 Å². The average molecular weight is 233 g/mol. The van der Waals surface area contributed by atoms with Gasteiger partial charge in [0.1, 0.15) is 0 Å². The van der Waals surface area contributed by atoms with E-state index in [4.69, 9.17) is 5.11 Å². The number of nitrogens with one attached hydrogen (secondary N) is 1. The Morgan fingerprint density at radius 3 is 2.53 bits per heavy atom. The van der Waals surface area contributed by atoms with Gasteiger partial charge in [0.05, 0.1) is 6.61 Å². The molecule has 3 nitrogen and oxygen atoms in total. The summed E-state index contributed by atoms with van der Waals surface area (Å²) < 4.78 is 0. The Hall–Kier alpha value is -1.61. The van der Waals surface area contributed by atoms with Crippen molar-refractivity contribution in [1.82, 2.24) is 5.32 Å². The van der Waals surface area contributed by atoms with E-state index >= 15 is 0 Å². The average Bonchev–Trinajstić information content (AvgIpc) is 2.36. The van der Waals surface area contributed by atoms with Crippen LogP contribution in [0.3, 0.4) is 0 Å². The van der Waals surface area contributed by atoms with Crippen LogP contribution < -0.4 is 5.32 Å². The van der Waals surface area contributed by atoms with E-state index in [0.717, 1.165) is 6.42 Å². The molecule has 1 amide bonds. The van der Waals surface area contributed by atoms with Crippen LogP contribution in [0.1, 0.15) is 29.8 Å². The van der Waals surface area contributed by atoms with Gasteiger partial charge in [-0.25, -0.2) is 0 Å². The third-order valence-electron chi connectivity index (χ3n) is 2.59. The predicted molar refractivity (Wildman–Crippen MR) is 69.0 cm³/mol. The lowest BCUT2D eigenvalue weighted by Gasteiger charge is -2.05. The third-order valence-corrected chi connectivity index (χ3v) is 2.59. The summed E-state index contributed by atoms with van der Waals surface area (Å²) in [5, 5.41) is 11.2. The summed E-state index contributed by atoms with van der Waals surface area (Å²) in [4.78, 5) is 11.6. The van der Waals surface area contributed by atoms with Crippen molar-refractivity contribution in [2.24, 2.45) is 0 Å². The van der Waals surface area contributed by atoms with Crippen molar-refractivity contribution in [3.05, 3.63) is 47.0 Å². The molecule has 0 aliphatic carbocycles. The van der Waals surface area contributed by atoms with Crippen LogP contribution in [0.2, 0.25) is 0 Å². The lowest BCUT2D eigenvalue weighted by molar-refractivity contribution is 0.0945. The number of aliphatic hydroxyl groups is 1. The van der Waals surface area contributed by atoms with Crippen LogP contribution in [0.15, 0.2) is 35.9 Å². The maximum absolute atomic E-state index is 11.6. The molecular weight excluding hydrogens is 214 g/mol. The highest BCUT2D eigenvalue weighted by atomic mass is 16.3. The molecule has 2 N–H and O–H groups in total. The van der Waals surface area contributed by atoms with Crippen LogP contribution in [0.25, 0.3) is 0 Å². The van der Waals surface area contributed by atoms with Crippen molar-refractivity contribution in [2.75, 3.05) is 13.2 Å². The number of rotatable bonds is 5. The predicted octanol–water partition coefficient (Wildman–Crippen LogP) is 1.92. The van der Waals surface area contributed by atoms with Crippen molar-refractivity contribution in [3.63, 3.8) is 0 Å². The Labute approximate surface area is 102 Å². The first kappa shape index (κ1) is 13.5. The van der Waals surface area contributed by atoms with Gasteiger partial charge in [-0.1, -0.05) is 23.8 Å². The standard InChI is InChI=1S/C14H19NO2/c1-3-11(2)10-12-4-6-13(7-5-12)14(17)15-8-9-16/h3-7,16H,8-10H2,1-2H3,(H,15,17). The van der Waals surface area contributed by atoms with E-state index < -0.39 is 0 Å². The number of aliphatic hydroxyl groups excluding tert-OH is 1. The molecule has 0 aliphatic rings. The summed E-state index contributed by atoms with van der Waals surface area (Å²) >= 11 is 0. The summed E-state index contributed by atoms with van der Waals surface area (Å²) in [5.74, 6) is -0.145. The molecule has 0 fully saturated rings. The maximum Gasteiger partial charge on any atom is 0.251 e. The van der Waals surface area contributed by atoms with Crippen LogP contribution >= 0.6 is 0 Å². The van der Waals surface area contributed by atoms with Crippen LogP contribution in [0.4, 0.5) is 0 Å². The molecule has 0 aliphatic heterocycles. The Morgan fingerprint density at radius 2 is 2.00 bits per heavy atom. The zero-order chi connectivity index (χ0) is 12.7. The second-order valence-corrected chi connectivity index (χ2v) is 3.99. The molecule has 0 aromatic heterocycles. The number of allylic oxidation sites excluding steroid dienone is 2. The fourth-order valence-electron chi connectivity index (χ4n) is 1.47. The van der Waals surface area contributed by atoms with Crippen molar-refractivity contribution >= 4 is 5.91 Å². The van der Waals surface area contributed by atoms with E-state index in [1.165, 1.54) is 11.1 Å². The van der Waals surface area contributed by atoms with Crippen LogP contribution in [0, 0.1) is 0 Å². The monoisotopic (exact) mass is 233 g/mol. The number of carbonyl (C=O) groups excluding carboxylic acids is 1. The summed E-state index contributed by atoms with van der Waals surface area (Å²) in [5.41, 5.74) is 3.13. The second kappa shape index (κ2) is 6.86. The fourth-order valence-corrected chi connectivity index (χ4v) is 1.47. The van der Waals surface area contributed by atoms with Crippen LogP contribution in [-0.2, 0) is 6.42 Å². The molecule has 3 heteroatoms. The van der Waals surface area contributed by atoms with Gasteiger partial charge in [0.25, 0.3) is 5.91 Å². The molecule has 0 saturated carbocycles. The number of benzene rings is 1. The van der Waals surface area contributed by atoms with Gasteiger partial charge in [-0.2, -0.15) is 0 Å². The van der Waals surface area contributed by atoms with Gasteiger partial charge in [0, 0.05) is 12.1 Å². The van der Waals surface area contributed by atoms with E-state index in [0.29, 0.717) is 5.56 Å². The molecule has 0 heterocycles. The normalized spacial score (nSPS) is 11.4. The third kappa shape index (κ3) is 4.41. The number of carbonyl (C=O) groups is 1. The number of hydrogen-bond acceptors (Lipinski definition) is 2. The minimum atomic E-state index is -0.145. The fraction of sp³-hybridized carbons (Fsp3) is 0.357. The van der Waals surface area contributed by atoms with Crippen molar-refractivity contribution in [1.29, 1.82) is 0 Å². The van der Waals surface area contributed by atoms with Crippen molar-refractivity contribution in [2.45, 2.75) is 20.3 Å². The Bertz CT molecular complexity index is 393. The lowest BCUT2D eigenvalue weighted by atomic mass is 10.0. The summed E-state index contributed by atoms with van der Waals surface area (Å²) in [6.45, 7) is 4.36. The van der Waals surface area contributed by atoms with Gasteiger partial charge in [-0.05, 0) is 38.0 Å². The molecular formula is C14H19NO2. The highest BCUT2D eigenvalue weighted by Crippen LogP contribution is 2.09. The van der Waals surface area contributed by atoms with Gasteiger partial charge in [0.2, 0.25) is 0 Å². The largest absolute Gasteiger partial charge is 0.395 e. The van der Waals surface area contributed by atoms with Gasteiger partial charge in [-0.3, -0.25) is 4.79 Å². The second-order valence-electron chi connectivity index (χ2n) is 3.99. The molecule has 0 bridgehead atoms. The van der Waals surface area contributed by atoms with E-state index in [2.05, 4.69) is 18.3 Å². The van der Waals surface area contributed by atoms with Crippen molar-refractivity contribution in [3.8, 4) is 0 Å². The van der Waals surface area contributed by atoms with E-state index in [1.807, 2.05) is 31.2 Å². The van der Waals surface area contributed by atoms with Gasteiger partial charge >= 0.3 is 0 Å². The molecule has 0 spiro atoms. The first-order chi connectivity index (χ1) is 8.17. The molecule has 0 atom stereocenters. The minimum absolute atomic E-state index is 0.0374. The molecule has 0 radical (unpaired) electrons. The highest BCUT2D eigenvalue weighted by Gasteiger charge is 2.04. The Balaban J connectivity index is 2.64. The van der Waals surface area contributed by atoms with Crippen LogP contribution in [-0.4, -0.2) is 24.2 Å². The highest BCUT2D eigenvalue weighted by molar-refractivity contribution is 5.94. The van der Waals surface area contributed by atoms with E-state index in [-0.39, 0.29) is 19.1 Å². The summed E-state index contributed by atoms with van der Waals surface area (Å²) in [6, 6.07) is 7.54. The SMILES string of the molecule is CC=C(C)Cc1ccc(C(=O)NCCO)cc1. The molecule has 17 heavy (non-hydrogen) atoms. The molecule has 0 saturated heterocycles. The topological polar surface area (TPSA) is 49.3 Å². The van der Waals surface area contributed by atoms with Crippen LogP contribution in [0.5, 0.6) is 0 Å². The number of amides is 1. The van der Waals surface area contributed by atoms with Gasteiger partial charge in [0.15, 0.2) is 0 Å². The summed E-state index contributed by atoms with van der Waals surface area (Å²) in [7, 11) is 0. The zero-order valence-corrected chi connectivity index (χ0v) is 10.4. The van der Waals surface area contributed by atoms with Gasteiger partial charge in [-0.15, -0.1) is 0 Å². The maximum atomic E-state index is 11.6. The first-order valence-corrected chi connectivity index (χ1v) is 5.77. The minimum Gasteiger partial charge on any atom is -0.395 e.